The summed E-state index contributed by atoms with van der Waals surface area (Å²) in [7, 11) is 1.64. The van der Waals surface area contributed by atoms with Gasteiger partial charge in [0.25, 0.3) is 5.56 Å². The molecule has 17 heavy (non-hydrogen) atoms. The smallest absolute Gasteiger partial charge is 0.251 e. The summed E-state index contributed by atoms with van der Waals surface area (Å²) in [4.78, 5) is 18.3. The van der Waals surface area contributed by atoms with Crippen LogP contribution in [0.2, 0.25) is 0 Å². The number of aryl methyl sites for hydroxylation is 1. The zero-order valence-electron chi connectivity index (χ0n) is 9.80. The van der Waals surface area contributed by atoms with Gasteiger partial charge in [-0.3, -0.25) is 9.48 Å². The van der Waals surface area contributed by atoms with Gasteiger partial charge in [-0.1, -0.05) is 0 Å². The number of hydrogen-bond acceptors (Lipinski definition) is 4. The van der Waals surface area contributed by atoms with E-state index in [0.29, 0.717) is 24.7 Å². The Morgan fingerprint density at radius 2 is 2.35 bits per heavy atom. The monoisotopic (exact) mass is 234 g/mol. The first-order valence-corrected chi connectivity index (χ1v) is 5.29. The minimum absolute atomic E-state index is 0.155. The molecule has 2 heterocycles. The number of nitrogens with one attached hydrogen (secondary N) is 1. The fraction of sp³-hybridized carbons (Fsp3) is 0.364. The van der Waals surface area contributed by atoms with Crippen molar-refractivity contribution < 1.29 is 4.74 Å². The Hall–Kier alpha value is -1.95. The van der Waals surface area contributed by atoms with Crippen molar-refractivity contribution in [3.8, 4) is 11.4 Å². The molecule has 6 heteroatoms. The second-order valence-electron chi connectivity index (χ2n) is 3.72. The number of nitrogens with zero attached hydrogens (tertiary/aromatic N) is 3. The molecular formula is C11H14N4O2. The van der Waals surface area contributed by atoms with E-state index in [-0.39, 0.29) is 5.56 Å². The highest BCUT2D eigenvalue weighted by Crippen LogP contribution is 2.11. The molecule has 1 N–H and O–H groups in total. The second kappa shape index (κ2) is 4.92. The third kappa shape index (κ3) is 2.79. The predicted molar refractivity (Wildman–Crippen MR) is 62.7 cm³/mol. The Balaban J connectivity index is 2.27. The van der Waals surface area contributed by atoms with E-state index in [2.05, 4.69) is 15.1 Å². The van der Waals surface area contributed by atoms with Gasteiger partial charge in [-0.2, -0.15) is 5.10 Å². The molecule has 0 amide bonds. The van der Waals surface area contributed by atoms with Crippen molar-refractivity contribution in [1.82, 2.24) is 19.7 Å². The molecule has 0 aliphatic rings. The van der Waals surface area contributed by atoms with Crippen molar-refractivity contribution in [2.45, 2.75) is 13.5 Å². The molecule has 6 nitrogen and oxygen atoms in total. The molecule has 0 aromatic carbocycles. The molecule has 0 saturated heterocycles. The van der Waals surface area contributed by atoms with Gasteiger partial charge in [-0.15, -0.1) is 0 Å². The first-order chi connectivity index (χ1) is 8.19. The summed E-state index contributed by atoms with van der Waals surface area (Å²) in [5.74, 6) is 0.540. The molecule has 0 aliphatic heterocycles. The molecule has 0 aliphatic carbocycles. The van der Waals surface area contributed by atoms with Gasteiger partial charge in [0.15, 0.2) is 0 Å². The Morgan fingerprint density at radius 3 is 3.06 bits per heavy atom. The van der Waals surface area contributed by atoms with Crippen LogP contribution in [0.1, 0.15) is 5.69 Å². The lowest BCUT2D eigenvalue weighted by atomic mass is 10.3. The van der Waals surface area contributed by atoms with Crippen molar-refractivity contribution >= 4 is 0 Å². The van der Waals surface area contributed by atoms with Crippen molar-refractivity contribution in [3.63, 3.8) is 0 Å². The van der Waals surface area contributed by atoms with Crippen LogP contribution in [0.5, 0.6) is 0 Å². The van der Waals surface area contributed by atoms with Gasteiger partial charge < -0.3 is 9.72 Å². The molecule has 0 radical (unpaired) electrons. The summed E-state index contributed by atoms with van der Waals surface area (Å²) >= 11 is 0. The topological polar surface area (TPSA) is 72.8 Å². The normalized spacial score (nSPS) is 10.7. The van der Waals surface area contributed by atoms with E-state index in [9.17, 15) is 4.79 Å². The maximum absolute atomic E-state index is 11.3. The summed E-state index contributed by atoms with van der Waals surface area (Å²) in [6, 6.07) is 1.46. The van der Waals surface area contributed by atoms with Crippen LogP contribution < -0.4 is 5.56 Å². The number of rotatable bonds is 4. The molecule has 90 valence electrons. The third-order valence-electron chi connectivity index (χ3n) is 2.30. The maximum atomic E-state index is 11.3. The van der Waals surface area contributed by atoms with E-state index >= 15 is 0 Å². The zero-order valence-corrected chi connectivity index (χ0v) is 9.80. The largest absolute Gasteiger partial charge is 0.383 e. The highest BCUT2D eigenvalue weighted by molar-refractivity contribution is 5.51. The molecule has 0 unspecified atom stereocenters. The van der Waals surface area contributed by atoms with E-state index in [1.807, 2.05) is 6.20 Å². The minimum atomic E-state index is -0.155. The van der Waals surface area contributed by atoms with E-state index in [4.69, 9.17) is 4.74 Å². The number of methoxy groups -OCH3 is 1. The van der Waals surface area contributed by atoms with Crippen LogP contribution in [0.3, 0.4) is 0 Å². The Morgan fingerprint density at radius 1 is 1.53 bits per heavy atom. The molecule has 0 saturated carbocycles. The molecule has 0 bridgehead atoms. The minimum Gasteiger partial charge on any atom is -0.383 e. The number of hydrogen-bond donors (Lipinski definition) is 1. The Labute approximate surface area is 98.3 Å². The van der Waals surface area contributed by atoms with E-state index in [1.54, 1.807) is 24.9 Å². The van der Waals surface area contributed by atoms with Gasteiger partial charge in [0.1, 0.15) is 5.82 Å². The van der Waals surface area contributed by atoms with Crippen molar-refractivity contribution in [3.05, 3.63) is 34.5 Å². The van der Waals surface area contributed by atoms with Gasteiger partial charge in [-0.25, -0.2) is 4.98 Å². The maximum Gasteiger partial charge on any atom is 0.251 e. The molecular weight excluding hydrogens is 220 g/mol. The summed E-state index contributed by atoms with van der Waals surface area (Å²) in [5, 5.41) is 4.16. The zero-order chi connectivity index (χ0) is 12.3. The summed E-state index contributed by atoms with van der Waals surface area (Å²) in [6.45, 7) is 3.06. The molecule has 2 aromatic rings. The van der Waals surface area contributed by atoms with Gasteiger partial charge >= 0.3 is 0 Å². The second-order valence-corrected chi connectivity index (χ2v) is 3.72. The highest BCUT2D eigenvalue weighted by Gasteiger charge is 2.05. The molecule has 0 atom stereocenters. The van der Waals surface area contributed by atoms with Crippen molar-refractivity contribution in [2.24, 2.45) is 0 Å². The lowest BCUT2D eigenvalue weighted by Gasteiger charge is -1.99. The summed E-state index contributed by atoms with van der Waals surface area (Å²) in [5.41, 5.74) is 1.33. The quantitative estimate of drug-likeness (QED) is 0.840. The number of H-pyrrole nitrogens is 1. The number of ether oxygens (including phenoxy) is 1. The van der Waals surface area contributed by atoms with Gasteiger partial charge in [0.2, 0.25) is 0 Å². The molecule has 2 aromatic heterocycles. The van der Waals surface area contributed by atoms with Gasteiger partial charge in [0, 0.05) is 25.1 Å². The fourth-order valence-corrected chi connectivity index (χ4v) is 1.51. The predicted octanol–water partition coefficient (Wildman–Crippen LogP) is 0.588. The molecule has 2 rings (SSSR count). The molecule has 0 fully saturated rings. The van der Waals surface area contributed by atoms with Crippen LogP contribution in [-0.2, 0) is 11.3 Å². The molecule has 0 spiro atoms. The summed E-state index contributed by atoms with van der Waals surface area (Å²) in [6.07, 6.45) is 3.50. The summed E-state index contributed by atoms with van der Waals surface area (Å²) < 4.78 is 6.72. The van der Waals surface area contributed by atoms with Crippen molar-refractivity contribution in [2.75, 3.05) is 13.7 Å². The lowest BCUT2D eigenvalue weighted by Crippen LogP contribution is -2.08. The first kappa shape index (κ1) is 11.5. The SMILES string of the molecule is COCCn1cc(-c2nc(C)cc(=O)[nH]2)cn1. The number of aromatic amines is 1. The van der Waals surface area contributed by atoms with E-state index < -0.39 is 0 Å². The highest BCUT2D eigenvalue weighted by atomic mass is 16.5. The number of aromatic nitrogens is 4. The van der Waals surface area contributed by atoms with E-state index in [0.717, 1.165) is 5.56 Å². The van der Waals surface area contributed by atoms with Gasteiger partial charge in [0.05, 0.1) is 24.9 Å². The third-order valence-corrected chi connectivity index (χ3v) is 2.30. The van der Waals surface area contributed by atoms with Crippen LogP contribution >= 0.6 is 0 Å². The van der Waals surface area contributed by atoms with Crippen LogP contribution in [-0.4, -0.2) is 33.5 Å². The Bertz CT molecular complexity index is 559. The van der Waals surface area contributed by atoms with Crippen molar-refractivity contribution in [1.29, 1.82) is 0 Å². The van der Waals surface area contributed by atoms with Crippen LogP contribution in [0, 0.1) is 6.92 Å². The average Bonchev–Trinajstić information content (AvgIpc) is 2.73. The van der Waals surface area contributed by atoms with Crippen LogP contribution in [0.4, 0.5) is 0 Å². The fourth-order valence-electron chi connectivity index (χ4n) is 1.51. The van der Waals surface area contributed by atoms with E-state index in [1.165, 1.54) is 6.07 Å². The van der Waals surface area contributed by atoms with Crippen LogP contribution in [0.25, 0.3) is 11.4 Å². The van der Waals surface area contributed by atoms with Gasteiger partial charge in [-0.05, 0) is 6.92 Å². The Kier molecular flexibility index (Phi) is 3.34. The first-order valence-electron chi connectivity index (χ1n) is 5.29. The average molecular weight is 234 g/mol. The lowest BCUT2D eigenvalue weighted by molar-refractivity contribution is 0.183. The van der Waals surface area contributed by atoms with Crippen LogP contribution in [0.15, 0.2) is 23.3 Å². The standard InChI is InChI=1S/C11H14N4O2/c1-8-5-10(16)14-11(13-8)9-6-12-15(7-9)3-4-17-2/h5-7H,3-4H2,1-2H3,(H,13,14,16).